The summed E-state index contributed by atoms with van der Waals surface area (Å²) in [7, 11) is 1.59. The molecule has 1 unspecified atom stereocenters. The van der Waals surface area contributed by atoms with Crippen molar-refractivity contribution in [3.8, 4) is 5.75 Å². The number of nitrogens with zero attached hydrogens (tertiary/aromatic N) is 2. The van der Waals surface area contributed by atoms with E-state index in [2.05, 4.69) is 10.3 Å². The monoisotopic (exact) mass is 345 g/mol. The molecule has 24 heavy (non-hydrogen) atoms. The van der Waals surface area contributed by atoms with Gasteiger partial charge in [-0.05, 0) is 19.9 Å². The summed E-state index contributed by atoms with van der Waals surface area (Å²) in [5.74, 6) is 1.09. The maximum atomic E-state index is 12.5. The molecule has 2 heterocycles. The highest BCUT2D eigenvalue weighted by Gasteiger charge is 2.22. The lowest BCUT2D eigenvalue weighted by Crippen LogP contribution is -2.34. The number of ether oxygens (including phenoxy) is 1. The van der Waals surface area contributed by atoms with Crippen molar-refractivity contribution >= 4 is 17.7 Å². The highest BCUT2D eigenvalue weighted by molar-refractivity contribution is 7.99. The Hall–Kier alpha value is -2.28. The SMILES string of the molecule is COc1ccc(C)cc1C(C)NC(=O)c1cnc2n(c1=O)CCS2. The van der Waals surface area contributed by atoms with Crippen LogP contribution in [0.25, 0.3) is 0 Å². The van der Waals surface area contributed by atoms with E-state index < -0.39 is 5.91 Å². The van der Waals surface area contributed by atoms with Crippen LogP contribution in [-0.2, 0) is 6.54 Å². The van der Waals surface area contributed by atoms with Crippen LogP contribution >= 0.6 is 11.8 Å². The first kappa shape index (κ1) is 16.6. The fourth-order valence-corrected chi connectivity index (χ4v) is 3.63. The van der Waals surface area contributed by atoms with Crippen molar-refractivity contribution in [1.82, 2.24) is 14.9 Å². The summed E-state index contributed by atoms with van der Waals surface area (Å²) in [6.07, 6.45) is 1.36. The van der Waals surface area contributed by atoms with Crippen molar-refractivity contribution in [3.05, 3.63) is 51.4 Å². The zero-order valence-electron chi connectivity index (χ0n) is 13.8. The van der Waals surface area contributed by atoms with Crippen LogP contribution in [-0.4, -0.2) is 28.3 Å². The van der Waals surface area contributed by atoms with E-state index in [9.17, 15) is 9.59 Å². The van der Waals surface area contributed by atoms with Gasteiger partial charge < -0.3 is 10.1 Å². The summed E-state index contributed by atoms with van der Waals surface area (Å²) < 4.78 is 6.91. The second kappa shape index (κ2) is 6.68. The summed E-state index contributed by atoms with van der Waals surface area (Å²) in [6.45, 7) is 4.43. The van der Waals surface area contributed by atoms with Gasteiger partial charge in [-0.15, -0.1) is 0 Å². The summed E-state index contributed by atoms with van der Waals surface area (Å²) in [6, 6.07) is 5.50. The van der Waals surface area contributed by atoms with Gasteiger partial charge in [-0.2, -0.15) is 0 Å². The number of amides is 1. The molecule has 0 aliphatic carbocycles. The van der Waals surface area contributed by atoms with Crippen LogP contribution in [0, 0.1) is 6.92 Å². The summed E-state index contributed by atoms with van der Waals surface area (Å²) in [5, 5.41) is 3.54. The van der Waals surface area contributed by atoms with Gasteiger partial charge in [-0.25, -0.2) is 4.98 Å². The maximum Gasteiger partial charge on any atom is 0.267 e. The Morgan fingerprint density at radius 3 is 3.00 bits per heavy atom. The third-order valence-corrected chi connectivity index (χ3v) is 4.97. The smallest absolute Gasteiger partial charge is 0.267 e. The molecule has 1 atom stereocenters. The maximum absolute atomic E-state index is 12.5. The number of rotatable bonds is 4. The van der Waals surface area contributed by atoms with Crippen molar-refractivity contribution < 1.29 is 9.53 Å². The number of hydrogen-bond acceptors (Lipinski definition) is 5. The Morgan fingerprint density at radius 2 is 2.25 bits per heavy atom. The van der Waals surface area contributed by atoms with Gasteiger partial charge in [-0.3, -0.25) is 14.2 Å². The lowest BCUT2D eigenvalue weighted by atomic mass is 10.0. The number of methoxy groups -OCH3 is 1. The van der Waals surface area contributed by atoms with E-state index in [1.54, 1.807) is 11.7 Å². The fraction of sp³-hybridized carbons (Fsp3) is 0.353. The van der Waals surface area contributed by atoms with Gasteiger partial charge in [0.15, 0.2) is 5.16 Å². The number of carbonyl (C=O) groups is 1. The van der Waals surface area contributed by atoms with Crippen molar-refractivity contribution in [3.63, 3.8) is 0 Å². The first-order valence-corrected chi connectivity index (χ1v) is 8.68. The lowest BCUT2D eigenvalue weighted by Gasteiger charge is -2.18. The van der Waals surface area contributed by atoms with Crippen molar-refractivity contribution in [1.29, 1.82) is 0 Å². The number of fused-ring (bicyclic) bond motifs is 1. The predicted octanol–water partition coefficient (Wildman–Crippen LogP) is 2.16. The molecule has 3 rings (SSSR count). The molecule has 1 aliphatic rings. The van der Waals surface area contributed by atoms with Gasteiger partial charge >= 0.3 is 0 Å². The van der Waals surface area contributed by atoms with Crippen LogP contribution in [0.4, 0.5) is 0 Å². The Kier molecular flexibility index (Phi) is 4.62. The van der Waals surface area contributed by atoms with Crippen LogP contribution in [0.15, 0.2) is 34.3 Å². The number of hydrogen-bond donors (Lipinski definition) is 1. The normalized spacial score (nSPS) is 14.1. The predicted molar refractivity (Wildman–Crippen MR) is 92.8 cm³/mol. The van der Waals surface area contributed by atoms with E-state index in [4.69, 9.17) is 4.74 Å². The molecule has 0 saturated carbocycles. The molecule has 1 aromatic heterocycles. The van der Waals surface area contributed by atoms with Crippen LogP contribution in [0.5, 0.6) is 5.75 Å². The average Bonchev–Trinajstić information content (AvgIpc) is 3.04. The molecule has 1 N–H and O–H groups in total. The number of aromatic nitrogens is 2. The highest BCUT2D eigenvalue weighted by Crippen LogP contribution is 2.26. The molecule has 126 valence electrons. The molecule has 0 spiro atoms. The van der Waals surface area contributed by atoms with Crippen LogP contribution in [0.2, 0.25) is 0 Å². The molecule has 0 radical (unpaired) electrons. The van der Waals surface area contributed by atoms with Crippen LogP contribution < -0.4 is 15.6 Å². The first-order valence-electron chi connectivity index (χ1n) is 7.69. The van der Waals surface area contributed by atoms with Crippen molar-refractivity contribution in [2.75, 3.05) is 12.9 Å². The molecule has 1 aliphatic heterocycles. The van der Waals surface area contributed by atoms with Gasteiger partial charge in [0.1, 0.15) is 11.3 Å². The number of aryl methyl sites for hydroxylation is 1. The van der Waals surface area contributed by atoms with E-state index in [0.717, 1.165) is 16.9 Å². The zero-order valence-corrected chi connectivity index (χ0v) is 14.6. The summed E-state index contributed by atoms with van der Waals surface area (Å²) in [5.41, 5.74) is 1.73. The van der Waals surface area contributed by atoms with E-state index in [1.807, 2.05) is 32.0 Å². The molecule has 6 nitrogen and oxygen atoms in total. The first-order chi connectivity index (χ1) is 11.5. The minimum absolute atomic E-state index is 0.0692. The zero-order chi connectivity index (χ0) is 17.3. The minimum Gasteiger partial charge on any atom is -0.496 e. The van der Waals surface area contributed by atoms with Gasteiger partial charge in [0.2, 0.25) is 0 Å². The van der Waals surface area contributed by atoms with Gasteiger partial charge in [0.05, 0.1) is 13.2 Å². The third kappa shape index (κ3) is 3.03. The largest absolute Gasteiger partial charge is 0.496 e. The van der Waals surface area contributed by atoms with E-state index in [1.165, 1.54) is 18.0 Å². The Labute approximate surface area is 144 Å². The number of carbonyl (C=O) groups excluding carboxylic acids is 1. The number of nitrogens with one attached hydrogen (secondary N) is 1. The third-order valence-electron chi connectivity index (χ3n) is 4.00. The molecule has 1 amide bonds. The minimum atomic E-state index is -0.421. The van der Waals surface area contributed by atoms with Crippen LogP contribution in [0.3, 0.4) is 0 Å². The quantitative estimate of drug-likeness (QED) is 0.860. The molecule has 7 heteroatoms. The topological polar surface area (TPSA) is 73.2 Å². The molecule has 2 aromatic rings. The summed E-state index contributed by atoms with van der Waals surface area (Å²) in [4.78, 5) is 29.2. The molecular weight excluding hydrogens is 326 g/mol. The molecule has 0 fully saturated rings. The summed E-state index contributed by atoms with van der Waals surface area (Å²) >= 11 is 1.52. The Morgan fingerprint density at radius 1 is 1.46 bits per heavy atom. The van der Waals surface area contributed by atoms with Gasteiger partial charge in [0, 0.05) is 24.1 Å². The Balaban J connectivity index is 1.85. The standard InChI is InChI=1S/C17H19N3O3S/c1-10-4-5-14(23-3)12(8-10)11(2)19-15(21)13-9-18-17-20(16(13)22)6-7-24-17/h4-5,8-9,11H,6-7H2,1-3H3,(H,19,21). The van der Waals surface area contributed by atoms with Crippen LogP contribution in [0.1, 0.15) is 34.5 Å². The molecular formula is C17H19N3O3S. The average molecular weight is 345 g/mol. The fourth-order valence-electron chi connectivity index (χ4n) is 2.72. The second-order valence-electron chi connectivity index (χ2n) is 5.70. The van der Waals surface area contributed by atoms with E-state index in [0.29, 0.717) is 17.5 Å². The highest BCUT2D eigenvalue weighted by atomic mass is 32.2. The van der Waals surface area contributed by atoms with Gasteiger partial charge in [0.25, 0.3) is 11.5 Å². The van der Waals surface area contributed by atoms with Crippen molar-refractivity contribution in [2.45, 2.75) is 31.6 Å². The van der Waals surface area contributed by atoms with E-state index >= 15 is 0 Å². The van der Waals surface area contributed by atoms with Crippen molar-refractivity contribution in [2.24, 2.45) is 0 Å². The molecule has 1 aromatic carbocycles. The second-order valence-corrected chi connectivity index (χ2v) is 6.76. The molecule has 0 saturated heterocycles. The number of benzene rings is 1. The lowest BCUT2D eigenvalue weighted by molar-refractivity contribution is 0.0936. The Bertz CT molecular complexity index is 847. The van der Waals surface area contributed by atoms with Gasteiger partial charge in [-0.1, -0.05) is 29.5 Å². The number of thioether (sulfide) groups is 1. The van der Waals surface area contributed by atoms with E-state index in [-0.39, 0.29) is 17.2 Å². The molecule has 0 bridgehead atoms.